The lowest BCUT2D eigenvalue weighted by Crippen LogP contribution is -2.38. The molecule has 0 aliphatic heterocycles. The lowest BCUT2D eigenvalue weighted by molar-refractivity contribution is 0.0933. The van der Waals surface area contributed by atoms with E-state index >= 15 is 0 Å². The highest BCUT2D eigenvalue weighted by molar-refractivity contribution is 5.99. The first-order valence-corrected chi connectivity index (χ1v) is 7.63. The molecule has 1 aromatic carbocycles. The Bertz CT molecular complexity index is 822. The average Bonchev–Trinajstić information content (AvgIpc) is 3.24. The number of rotatable bonds is 3. The summed E-state index contributed by atoms with van der Waals surface area (Å²) in [5, 5.41) is 13.9. The third kappa shape index (κ3) is 2.63. The Morgan fingerprint density at radius 1 is 1.26 bits per heavy atom. The first kappa shape index (κ1) is 13.8. The number of carbonyl (C=O) groups excluding carboxylic acids is 1. The Morgan fingerprint density at radius 3 is 3.00 bits per heavy atom. The van der Waals surface area contributed by atoms with Gasteiger partial charge in [-0.15, -0.1) is 0 Å². The number of nitrogens with zero attached hydrogens (tertiary/aromatic N) is 2. The molecule has 23 heavy (non-hydrogen) atoms. The highest BCUT2D eigenvalue weighted by Gasteiger charge is 2.24. The minimum Gasteiger partial charge on any atom is -0.355 e. The molecule has 4 rings (SSSR count). The smallest absolute Gasteiger partial charge is 0.257 e. The number of benzene rings is 1. The van der Waals surface area contributed by atoms with Crippen LogP contribution in [0.1, 0.15) is 28.0 Å². The van der Waals surface area contributed by atoms with Crippen molar-refractivity contribution in [2.75, 3.05) is 0 Å². The van der Waals surface area contributed by atoms with Gasteiger partial charge < -0.3 is 9.84 Å². The zero-order valence-corrected chi connectivity index (χ0v) is 12.5. The van der Waals surface area contributed by atoms with Crippen LogP contribution in [0.4, 0.5) is 0 Å². The standard InChI is InChI=1S/C17H16N4O2/c22-17(20-13-7-6-12-9-18-21-15(12)8-13)14-10-19-23-16(14)11-4-2-1-3-5-11/h1-5,9-10,13H,6-8H2,(H,18,21)(H,20,22)/t13-/m1/s1. The number of carbonyl (C=O) groups is 1. The molecule has 0 radical (unpaired) electrons. The third-order valence-corrected chi connectivity index (χ3v) is 4.21. The van der Waals surface area contributed by atoms with Crippen LogP contribution in [0, 0.1) is 0 Å². The Hall–Kier alpha value is -2.89. The van der Waals surface area contributed by atoms with Crippen LogP contribution in [0.25, 0.3) is 11.3 Å². The van der Waals surface area contributed by atoms with Crippen LogP contribution >= 0.6 is 0 Å². The summed E-state index contributed by atoms with van der Waals surface area (Å²) in [7, 11) is 0. The molecule has 0 saturated carbocycles. The van der Waals surface area contributed by atoms with Crippen molar-refractivity contribution in [3.05, 3.63) is 59.5 Å². The summed E-state index contributed by atoms with van der Waals surface area (Å²) in [5.41, 5.74) is 3.65. The Labute approximate surface area is 132 Å². The van der Waals surface area contributed by atoms with Crippen molar-refractivity contribution in [3.63, 3.8) is 0 Å². The van der Waals surface area contributed by atoms with Gasteiger partial charge in [-0.3, -0.25) is 9.89 Å². The Kier molecular flexibility index (Phi) is 3.42. The molecule has 2 heterocycles. The number of hydrogen-bond donors (Lipinski definition) is 2. The zero-order chi connectivity index (χ0) is 15.6. The van der Waals surface area contributed by atoms with Gasteiger partial charge in [-0.05, 0) is 18.4 Å². The lowest BCUT2D eigenvalue weighted by Gasteiger charge is -2.22. The topological polar surface area (TPSA) is 83.8 Å². The normalized spacial score (nSPS) is 16.8. The minimum atomic E-state index is -0.155. The highest BCUT2D eigenvalue weighted by Crippen LogP contribution is 2.24. The van der Waals surface area contributed by atoms with Crippen LogP contribution < -0.4 is 5.32 Å². The van der Waals surface area contributed by atoms with Gasteiger partial charge in [0.1, 0.15) is 5.56 Å². The maximum atomic E-state index is 12.6. The van der Waals surface area contributed by atoms with E-state index < -0.39 is 0 Å². The molecule has 0 unspecified atom stereocenters. The fourth-order valence-electron chi connectivity index (χ4n) is 2.99. The van der Waals surface area contributed by atoms with Gasteiger partial charge in [0, 0.05) is 23.7 Å². The molecule has 2 N–H and O–H groups in total. The molecule has 1 aliphatic rings. The van der Waals surface area contributed by atoms with Crippen LogP contribution in [0.3, 0.4) is 0 Å². The van der Waals surface area contributed by atoms with Gasteiger partial charge in [0.25, 0.3) is 5.91 Å². The van der Waals surface area contributed by atoms with E-state index in [0.717, 1.165) is 30.5 Å². The third-order valence-electron chi connectivity index (χ3n) is 4.21. The summed E-state index contributed by atoms with van der Waals surface area (Å²) in [4.78, 5) is 12.6. The number of aryl methyl sites for hydroxylation is 1. The number of nitrogens with one attached hydrogen (secondary N) is 2. The number of hydrogen-bond acceptors (Lipinski definition) is 4. The molecule has 6 nitrogen and oxygen atoms in total. The van der Waals surface area contributed by atoms with Crippen molar-refractivity contribution in [1.29, 1.82) is 0 Å². The molecule has 6 heteroatoms. The maximum Gasteiger partial charge on any atom is 0.257 e. The molecule has 0 spiro atoms. The van der Waals surface area contributed by atoms with E-state index in [-0.39, 0.29) is 11.9 Å². The predicted molar refractivity (Wildman–Crippen MR) is 83.8 cm³/mol. The second-order valence-corrected chi connectivity index (χ2v) is 5.72. The van der Waals surface area contributed by atoms with Crippen molar-refractivity contribution in [1.82, 2.24) is 20.7 Å². The second-order valence-electron chi connectivity index (χ2n) is 5.72. The van der Waals surface area contributed by atoms with Crippen molar-refractivity contribution in [2.45, 2.75) is 25.3 Å². The molecular weight excluding hydrogens is 292 g/mol. The molecule has 3 aromatic rings. The van der Waals surface area contributed by atoms with Gasteiger partial charge in [-0.1, -0.05) is 35.5 Å². The fraction of sp³-hybridized carbons (Fsp3) is 0.235. The number of aromatic nitrogens is 3. The number of aromatic amines is 1. The Balaban J connectivity index is 1.52. The van der Waals surface area contributed by atoms with Gasteiger partial charge in [0.2, 0.25) is 0 Å². The van der Waals surface area contributed by atoms with Crippen LogP contribution in [0.15, 0.2) is 47.2 Å². The van der Waals surface area contributed by atoms with E-state index in [9.17, 15) is 4.79 Å². The predicted octanol–water partition coefficient (Wildman–Crippen LogP) is 2.35. The van der Waals surface area contributed by atoms with Crippen LogP contribution in [-0.4, -0.2) is 27.3 Å². The molecule has 1 aliphatic carbocycles. The molecule has 0 saturated heterocycles. The van der Waals surface area contributed by atoms with E-state index in [1.165, 1.54) is 11.8 Å². The molecule has 0 bridgehead atoms. The summed E-state index contributed by atoms with van der Waals surface area (Å²) < 4.78 is 5.28. The van der Waals surface area contributed by atoms with E-state index in [2.05, 4.69) is 20.7 Å². The summed E-state index contributed by atoms with van der Waals surface area (Å²) in [5.74, 6) is 0.346. The quantitative estimate of drug-likeness (QED) is 0.778. The van der Waals surface area contributed by atoms with Crippen LogP contribution in [0.2, 0.25) is 0 Å². The van der Waals surface area contributed by atoms with Gasteiger partial charge in [0.15, 0.2) is 5.76 Å². The van der Waals surface area contributed by atoms with Crippen LogP contribution in [-0.2, 0) is 12.8 Å². The largest absolute Gasteiger partial charge is 0.355 e. The Morgan fingerprint density at radius 2 is 2.13 bits per heavy atom. The molecule has 2 aromatic heterocycles. The highest BCUT2D eigenvalue weighted by atomic mass is 16.5. The van der Waals surface area contributed by atoms with E-state index in [0.29, 0.717) is 11.3 Å². The summed E-state index contributed by atoms with van der Waals surface area (Å²) in [6.07, 6.45) is 5.94. The fourth-order valence-corrected chi connectivity index (χ4v) is 2.99. The maximum absolute atomic E-state index is 12.6. The van der Waals surface area contributed by atoms with E-state index in [4.69, 9.17) is 4.52 Å². The zero-order valence-electron chi connectivity index (χ0n) is 12.5. The van der Waals surface area contributed by atoms with Gasteiger partial charge >= 0.3 is 0 Å². The monoisotopic (exact) mass is 308 g/mol. The second kappa shape index (κ2) is 5.72. The average molecular weight is 308 g/mol. The summed E-state index contributed by atoms with van der Waals surface area (Å²) >= 11 is 0. The molecule has 0 fully saturated rings. The number of amides is 1. The van der Waals surface area contributed by atoms with E-state index in [1.54, 1.807) is 0 Å². The molecule has 1 atom stereocenters. The summed E-state index contributed by atoms with van der Waals surface area (Å²) in [6.45, 7) is 0. The van der Waals surface area contributed by atoms with E-state index in [1.807, 2.05) is 36.5 Å². The first-order valence-electron chi connectivity index (χ1n) is 7.63. The number of H-pyrrole nitrogens is 1. The molecule has 116 valence electrons. The first-order chi connectivity index (χ1) is 11.3. The van der Waals surface area contributed by atoms with Crippen molar-refractivity contribution in [2.24, 2.45) is 0 Å². The SMILES string of the molecule is O=C(N[C@@H]1CCc2cn[nH]c2C1)c1cnoc1-c1ccccc1. The van der Waals surface area contributed by atoms with Gasteiger partial charge in [-0.2, -0.15) is 5.10 Å². The summed E-state index contributed by atoms with van der Waals surface area (Å²) in [6, 6.07) is 9.61. The van der Waals surface area contributed by atoms with Gasteiger partial charge in [-0.25, -0.2) is 0 Å². The molecule has 1 amide bonds. The van der Waals surface area contributed by atoms with Crippen molar-refractivity contribution in [3.8, 4) is 11.3 Å². The van der Waals surface area contributed by atoms with Crippen molar-refractivity contribution >= 4 is 5.91 Å². The number of fused-ring (bicyclic) bond motifs is 1. The lowest BCUT2D eigenvalue weighted by atomic mass is 9.93. The van der Waals surface area contributed by atoms with Crippen molar-refractivity contribution < 1.29 is 9.32 Å². The van der Waals surface area contributed by atoms with Crippen LogP contribution in [0.5, 0.6) is 0 Å². The van der Waals surface area contributed by atoms with Gasteiger partial charge in [0.05, 0.1) is 12.4 Å². The molecular formula is C17H16N4O2. The minimum absolute atomic E-state index is 0.0916.